The van der Waals surface area contributed by atoms with E-state index in [1.165, 1.54) is 11.3 Å². The van der Waals surface area contributed by atoms with Gasteiger partial charge >= 0.3 is 12.0 Å². The Morgan fingerprint density at radius 3 is 2.76 bits per heavy atom. The molecule has 0 saturated heterocycles. The fraction of sp³-hybridized carbons (Fsp3) is 0.444. The number of thiazole rings is 1. The number of rotatable bonds is 5. The number of amides is 2. The molecule has 0 aliphatic carbocycles. The van der Waals surface area contributed by atoms with Gasteiger partial charge in [-0.25, -0.2) is 9.59 Å². The number of aliphatic carboxylic acids is 1. The quantitative estimate of drug-likeness (QED) is 0.584. The molecule has 1 heterocycles. The van der Waals surface area contributed by atoms with Crippen LogP contribution in [0.15, 0.2) is 11.7 Å². The number of aromatic nitrogens is 1. The van der Waals surface area contributed by atoms with Gasteiger partial charge in [0, 0.05) is 11.1 Å². The van der Waals surface area contributed by atoms with Crippen molar-refractivity contribution in [1.29, 1.82) is 0 Å². The van der Waals surface area contributed by atoms with Gasteiger partial charge in [0.1, 0.15) is 0 Å². The second-order valence-corrected chi connectivity index (χ2v) is 4.55. The number of hydrogen-bond acceptors (Lipinski definition) is 5. The molecule has 7 nitrogen and oxygen atoms in total. The van der Waals surface area contributed by atoms with Crippen molar-refractivity contribution >= 4 is 23.3 Å². The highest BCUT2D eigenvalue weighted by molar-refractivity contribution is 7.09. The maximum absolute atomic E-state index is 11.3. The molecule has 0 aromatic carbocycles. The van der Waals surface area contributed by atoms with E-state index in [0.717, 1.165) is 11.8 Å². The molecule has 1 unspecified atom stereocenters. The van der Waals surface area contributed by atoms with Gasteiger partial charge in [0.15, 0.2) is 5.60 Å². The highest BCUT2D eigenvalue weighted by Gasteiger charge is 2.30. The Labute approximate surface area is 101 Å². The van der Waals surface area contributed by atoms with Gasteiger partial charge in [0.2, 0.25) is 0 Å². The van der Waals surface area contributed by atoms with E-state index in [0.29, 0.717) is 6.54 Å². The first-order valence-corrected chi connectivity index (χ1v) is 5.64. The summed E-state index contributed by atoms with van der Waals surface area (Å²) in [6.45, 7) is 1.06. The van der Waals surface area contributed by atoms with Crippen molar-refractivity contribution in [1.82, 2.24) is 15.6 Å². The van der Waals surface area contributed by atoms with Gasteiger partial charge in [-0.15, -0.1) is 11.3 Å². The maximum atomic E-state index is 11.3. The zero-order chi connectivity index (χ0) is 12.9. The summed E-state index contributed by atoms with van der Waals surface area (Å²) in [5, 5.41) is 22.7. The highest BCUT2D eigenvalue weighted by Crippen LogP contribution is 2.04. The van der Waals surface area contributed by atoms with Crippen LogP contribution in [0.25, 0.3) is 0 Å². The number of hydrogen-bond donors (Lipinski definition) is 4. The van der Waals surface area contributed by atoms with E-state index < -0.39 is 17.6 Å². The van der Waals surface area contributed by atoms with Crippen molar-refractivity contribution in [3.8, 4) is 0 Å². The first-order valence-electron chi connectivity index (χ1n) is 4.76. The van der Waals surface area contributed by atoms with E-state index in [1.807, 2.05) is 0 Å². The molecule has 17 heavy (non-hydrogen) atoms. The van der Waals surface area contributed by atoms with E-state index in [4.69, 9.17) is 5.11 Å². The minimum absolute atomic E-state index is 0.311. The highest BCUT2D eigenvalue weighted by atomic mass is 32.1. The molecule has 0 bridgehead atoms. The molecular weight excluding hydrogens is 246 g/mol. The fourth-order valence-corrected chi connectivity index (χ4v) is 1.42. The van der Waals surface area contributed by atoms with Crippen LogP contribution >= 0.6 is 11.3 Å². The number of carbonyl (C=O) groups is 2. The van der Waals surface area contributed by atoms with E-state index >= 15 is 0 Å². The van der Waals surface area contributed by atoms with Crippen molar-refractivity contribution in [3.63, 3.8) is 0 Å². The van der Waals surface area contributed by atoms with E-state index in [-0.39, 0.29) is 6.54 Å². The summed E-state index contributed by atoms with van der Waals surface area (Å²) in [7, 11) is 0. The first kappa shape index (κ1) is 13.4. The summed E-state index contributed by atoms with van der Waals surface area (Å²) in [5.74, 6) is -1.39. The normalized spacial score (nSPS) is 13.8. The Morgan fingerprint density at radius 2 is 2.24 bits per heavy atom. The second kappa shape index (κ2) is 5.60. The number of carboxylic acid groups (broad SMARTS) is 1. The Bertz CT molecular complexity index is 391. The summed E-state index contributed by atoms with van der Waals surface area (Å²) in [5.41, 5.74) is -0.327. The number of carbonyl (C=O) groups excluding carboxylic acids is 1. The van der Waals surface area contributed by atoms with Gasteiger partial charge in [-0.05, 0) is 6.92 Å². The lowest BCUT2D eigenvalue weighted by Gasteiger charge is -2.18. The van der Waals surface area contributed by atoms with Crippen LogP contribution in [0.2, 0.25) is 0 Å². The Morgan fingerprint density at radius 1 is 1.53 bits per heavy atom. The Hall–Kier alpha value is -1.67. The van der Waals surface area contributed by atoms with Gasteiger partial charge in [-0.1, -0.05) is 0 Å². The number of carboxylic acids is 1. The van der Waals surface area contributed by atoms with E-state index in [1.54, 1.807) is 11.7 Å². The summed E-state index contributed by atoms with van der Waals surface area (Å²) < 4.78 is 0. The number of nitrogens with zero attached hydrogens (tertiary/aromatic N) is 1. The number of nitrogens with one attached hydrogen (secondary N) is 2. The maximum Gasteiger partial charge on any atom is 0.337 e. The van der Waals surface area contributed by atoms with Gasteiger partial charge in [-0.3, -0.25) is 4.98 Å². The molecule has 1 rings (SSSR count). The van der Waals surface area contributed by atoms with Gasteiger partial charge in [0.25, 0.3) is 0 Å². The van der Waals surface area contributed by atoms with Crippen molar-refractivity contribution in [2.24, 2.45) is 0 Å². The molecule has 1 aromatic rings. The third-order valence-electron chi connectivity index (χ3n) is 1.96. The zero-order valence-corrected chi connectivity index (χ0v) is 9.95. The molecule has 2 amide bonds. The number of aliphatic hydroxyl groups is 1. The average Bonchev–Trinajstić information content (AvgIpc) is 2.76. The minimum Gasteiger partial charge on any atom is -0.479 e. The van der Waals surface area contributed by atoms with Gasteiger partial charge in [-0.2, -0.15) is 0 Å². The van der Waals surface area contributed by atoms with Gasteiger partial charge < -0.3 is 20.8 Å². The molecule has 1 aromatic heterocycles. The SMILES string of the molecule is CC(O)(CNC(=O)NCc1cncs1)C(=O)O. The fourth-order valence-electron chi connectivity index (χ4n) is 0.887. The van der Waals surface area contributed by atoms with Crippen LogP contribution in [0, 0.1) is 0 Å². The molecule has 0 spiro atoms. The van der Waals surface area contributed by atoms with Crippen molar-refractivity contribution < 1.29 is 19.8 Å². The van der Waals surface area contributed by atoms with Crippen LogP contribution in [0.4, 0.5) is 4.79 Å². The first-order chi connectivity index (χ1) is 7.92. The molecule has 0 aliphatic heterocycles. The molecule has 0 saturated carbocycles. The third-order valence-corrected chi connectivity index (χ3v) is 2.74. The molecule has 8 heteroatoms. The summed E-state index contributed by atoms with van der Waals surface area (Å²) in [4.78, 5) is 26.5. The van der Waals surface area contributed by atoms with Crippen LogP contribution in [-0.2, 0) is 11.3 Å². The molecule has 94 valence electrons. The topological polar surface area (TPSA) is 112 Å². The van der Waals surface area contributed by atoms with E-state index in [2.05, 4.69) is 15.6 Å². The van der Waals surface area contributed by atoms with Gasteiger partial charge in [0.05, 0.1) is 18.6 Å². The van der Waals surface area contributed by atoms with Crippen LogP contribution in [0.3, 0.4) is 0 Å². The van der Waals surface area contributed by atoms with Crippen molar-refractivity contribution in [2.75, 3.05) is 6.54 Å². The molecule has 0 aliphatic rings. The zero-order valence-electron chi connectivity index (χ0n) is 9.14. The van der Waals surface area contributed by atoms with Crippen LogP contribution < -0.4 is 10.6 Å². The summed E-state index contributed by atoms with van der Waals surface area (Å²) in [6.07, 6.45) is 1.62. The largest absolute Gasteiger partial charge is 0.479 e. The lowest BCUT2D eigenvalue weighted by molar-refractivity contribution is -0.155. The predicted molar refractivity (Wildman–Crippen MR) is 60.6 cm³/mol. The molecule has 0 radical (unpaired) electrons. The monoisotopic (exact) mass is 259 g/mol. The van der Waals surface area contributed by atoms with Crippen molar-refractivity contribution in [2.45, 2.75) is 19.1 Å². The smallest absolute Gasteiger partial charge is 0.337 e. The van der Waals surface area contributed by atoms with Crippen LogP contribution in [-0.4, -0.2) is 39.3 Å². The van der Waals surface area contributed by atoms with Crippen molar-refractivity contribution in [3.05, 3.63) is 16.6 Å². The molecule has 0 fully saturated rings. The molecule has 1 atom stereocenters. The molecule has 4 N–H and O–H groups in total. The lowest BCUT2D eigenvalue weighted by atomic mass is 10.1. The standard InChI is InChI=1S/C9H13N3O4S/c1-9(16,7(13)14)4-12-8(15)11-3-6-2-10-5-17-6/h2,5,16H,3-4H2,1H3,(H,13,14)(H2,11,12,15). The predicted octanol–water partition coefficient (Wildman–Crippen LogP) is -0.222. The number of urea groups is 1. The summed E-state index contributed by atoms with van der Waals surface area (Å²) in [6, 6.07) is -0.542. The Balaban J connectivity index is 2.28. The van der Waals surface area contributed by atoms with Crippen LogP contribution in [0.1, 0.15) is 11.8 Å². The second-order valence-electron chi connectivity index (χ2n) is 3.58. The third kappa shape index (κ3) is 4.37. The minimum atomic E-state index is -1.97. The van der Waals surface area contributed by atoms with Crippen LogP contribution in [0.5, 0.6) is 0 Å². The van der Waals surface area contributed by atoms with E-state index in [9.17, 15) is 14.7 Å². The molecular formula is C9H13N3O4S. The average molecular weight is 259 g/mol. The lowest BCUT2D eigenvalue weighted by Crippen LogP contribution is -2.48. The summed E-state index contributed by atoms with van der Waals surface area (Å²) >= 11 is 1.40. The Kier molecular flexibility index (Phi) is 4.41.